The van der Waals surface area contributed by atoms with Gasteiger partial charge in [-0.25, -0.2) is 9.37 Å². The van der Waals surface area contributed by atoms with E-state index in [9.17, 15) is 4.39 Å². The van der Waals surface area contributed by atoms with Gasteiger partial charge in [-0.1, -0.05) is 0 Å². The second-order valence-electron chi connectivity index (χ2n) is 3.62. The Morgan fingerprint density at radius 2 is 1.93 bits per heavy atom. The Bertz CT molecular complexity index is 291. The fourth-order valence-corrected chi connectivity index (χ4v) is 1.59. The van der Waals surface area contributed by atoms with Crippen molar-refractivity contribution in [2.75, 3.05) is 38.1 Å². The lowest BCUT2D eigenvalue weighted by Gasteiger charge is -2.33. The van der Waals surface area contributed by atoms with Crippen LogP contribution in [0.4, 0.5) is 10.2 Å². The molecule has 1 saturated heterocycles. The molecule has 0 aromatic carbocycles. The monoisotopic (exact) mass is 195 g/mol. The molecule has 76 valence electrons. The Labute approximate surface area is 83.2 Å². The molecule has 2 rings (SSSR count). The van der Waals surface area contributed by atoms with E-state index < -0.39 is 0 Å². The summed E-state index contributed by atoms with van der Waals surface area (Å²) in [5.74, 6) is 0.599. The molecule has 1 fully saturated rings. The van der Waals surface area contributed by atoms with Crippen LogP contribution in [0.3, 0.4) is 0 Å². The average Bonchev–Trinajstić information content (AvgIpc) is 2.21. The summed E-state index contributed by atoms with van der Waals surface area (Å²) in [7, 11) is 2.11. The summed E-state index contributed by atoms with van der Waals surface area (Å²) in [5.41, 5.74) is 0. The number of rotatable bonds is 1. The predicted molar refractivity (Wildman–Crippen MR) is 53.9 cm³/mol. The zero-order chi connectivity index (χ0) is 9.97. The van der Waals surface area contributed by atoms with E-state index in [0.29, 0.717) is 0 Å². The highest BCUT2D eigenvalue weighted by atomic mass is 19.1. The van der Waals surface area contributed by atoms with E-state index in [2.05, 4.69) is 21.8 Å². The molecule has 0 radical (unpaired) electrons. The topological polar surface area (TPSA) is 19.4 Å². The van der Waals surface area contributed by atoms with Gasteiger partial charge in [-0.2, -0.15) is 0 Å². The standard InChI is InChI=1S/C10H14FN3/c1-13-4-6-14(7-5-13)10-3-2-9(11)8-12-10/h2-3,8H,4-7H2,1H3. The van der Waals surface area contributed by atoms with Crippen LogP contribution < -0.4 is 4.90 Å². The molecule has 1 aliphatic heterocycles. The first-order valence-corrected chi connectivity index (χ1v) is 4.81. The minimum Gasteiger partial charge on any atom is -0.354 e. The van der Waals surface area contributed by atoms with Gasteiger partial charge >= 0.3 is 0 Å². The molecule has 1 aromatic rings. The zero-order valence-electron chi connectivity index (χ0n) is 8.28. The smallest absolute Gasteiger partial charge is 0.141 e. The summed E-state index contributed by atoms with van der Waals surface area (Å²) < 4.78 is 12.6. The number of piperazine rings is 1. The summed E-state index contributed by atoms with van der Waals surface area (Å²) in [6.45, 7) is 4.02. The second-order valence-corrected chi connectivity index (χ2v) is 3.62. The molecule has 1 aliphatic rings. The van der Waals surface area contributed by atoms with E-state index in [4.69, 9.17) is 0 Å². The van der Waals surface area contributed by atoms with E-state index in [-0.39, 0.29) is 5.82 Å². The summed E-state index contributed by atoms with van der Waals surface area (Å²) in [5, 5.41) is 0. The molecule has 14 heavy (non-hydrogen) atoms. The maximum atomic E-state index is 12.6. The largest absolute Gasteiger partial charge is 0.354 e. The van der Waals surface area contributed by atoms with Gasteiger partial charge in [0.15, 0.2) is 0 Å². The highest BCUT2D eigenvalue weighted by Crippen LogP contribution is 2.12. The lowest BCUT2D eigenvalue weighted by atomic mass is 10.3. The molecular weight excluding hydrogens is 181 g/mol. The summed E-state index contributed by atoms with van der Waals surface area (Å²) in [4.78, 5) is 8.52. The van der Waals surface area contributed by atoms with Crippen molar-refractivity contribution in [1.29, 1.82) is 0 Å². The first kappa shape index (κ1) is 9.40. The Hall–Kier alpha value is -1.16. The number of aromatic nitrogens is 1. The van der Waals surface area contributed by atoms with Crippen molar-refractivity contribution < 1.29 is 4.39 Å². The third-order valence-corrected chi connectivity index (χ3v) is 2.54. The van der Waals surface area contributed by atoms with Crippen molar-refractivity contribution in [2.24, 2.45) is 0 Å². The Morgan fingerprint density at radius 1 is 1.21 bits per heavy atom. The van der Waals surface area contributed by atoms with Crippen LogP contribution in [0.1, 0.15) is 0 Å². The van der Waals surface area contributed by atoms with E-state index in [1.807, 2.05) is 0 Å². The maximum absolute atomic E-state index is 12.6. The molecule has 1 aromatic heterocycles. The van der Waals surface area contributed by atoms with Crippen LogP contribution in [0.25, 0.3) is 0 Å². The molecule has 0 bridgehead atoms. The van der Waals surface area contributed by atoms with Gasteiger partial charge in [0.05, 0.1) is 6.20 Å². The molecule has 0 atom stereocenters. The van der Waals surface area contributed by atoms with Crippen molar-refractivity contribution in [3.05, 3.63) is 24.1 Å². The lowest BCUT2D eigenvalue weighted by molar-refractivity contribution is 0.312. The number of halogens is 1. The van der Waals surface area contributed by atoms with Crippen molar-refractivity contribution in [1.82, 2.24) is 9.88 Å². The predicted octanol–water partition coefficient (Wildman–Crippen LogP) is 0.972. The van der Waals surface area contributed by atoms with Gasteiger partial charge in [0.1, 0.15) is 11.6 Å². The number of anilines is 1. The number of hydrogen-bond donors (Lipinski definition) is 0. The Balaban J connectivity index is 2.05. The third kappa shape index (κ3) is 2.01. The van der Waals surface area contributed by atoms with E-state index in [0.717, 1.165) is 32.0 Å². The van der Waals surface area contributed by atoms with Crippen LogP contribution in [0.5, 0.6) is 0 Å². The molecule has 4 heteroatoms. The molecule has 3 nitrogen and oxygen atoms in total. The molecule has 0 amide bonds. The molecule has 0 saturated carbocycles. The van der Waals surface area contributed by atoms with Crippen molar-refractivity contribution >= 4 is 5.82 Å². The first-order chi connectivity index (χ1) is 6.75. The molecule has 0 spiro atoms. The van der Waals surface area contributed by atoms with Crippen molar-refractivity contribution in [2.45, 2.75) is 0 Å². The van der Waals surface area contributed by atoms with Crippen LogP contribution in [0.15, 0.2) is 18.3 Å². The minimum absolute atomic E-state index is 0.275. The van der Waals surface area contributed by atoms with Crippen LogP contribution in [0.2, 0.25) is 0 Å². The van der Waals surface area contributed by atoms with E-state index >= 15 is 0 Å². The molecule has 0 aliphatic carbocycles. The lowest BCUT2D eigenvalue weighted by Crippen LogP contribution is -2.44. The van der Waals surface area contributed by atoms with Gasteiger partial charge in [0.25, 0.3) is 0 Å². The summed E-state index contributed by atoms with van der Waals surface area (Å²) in [6.07, 6.45) is 1.27. The van der Waals surface area contributed by atoms with Gasteiger partial charge in [-0.3, -0.25) is 0 Å². The van der Waals surface area contributed by atoms with Gasteiger partial charge in [-0.15, -0.1) is 0 Å². The van der Waals surface area contributed by atoms with Crippen LogP contribution in [-0.2, 0) is 0 Å². The van der Waals surface area contributed by atoms with Crippen LogP contribution in [0, 0.1) is 5.82 Å². The zero-order valence-corrected chi connectivity index (χ0v) is 8.28. The van der Waals surface area contributed by atoms with Crippen LogP contribution in [-0.4, -0.2) is 43.1 Å². The van der Waals surface area contributed by atoms with Crippen molar-refractivity contribution in [3.63, 3.8) is 0 Å². The summed E-state index contributed by atoms with van der Waals surface area (Å²) in [6, 6.07) is 3.20. The maximum Gasteiger partial charge on any atom is 0.141 e. The van der Waals surface area contributed by atoms with Gasteiger partial charge < -0.3 is 9.80 Å². The van der Waals surface area contributed by atoms with Gasteiger partial charge in [0, 0.05) is 26.2 Å². The number of hydrogen-bond acceptors (Lipinski definition) is 3. The highest BCUT2D eigenvalue weighted by Gasteiger charge is 2.14. The molecular formula is C10H14FN3. The molecule has 0 N–H and O–H groups in total. The average molecular weight is 195 g/mol. The number of nitrogens with zero attached hydrogens (tertiary/aromatic N) is 3. The fraction of sp³-hybridized carbons (Fsp3) is 0.500. The number of pyridine rings is 1. The van der Waals surface area contributed by atoms with Gasteiger partial charge in [0.2, 0.25) is 0 Å². The number of likely N-dealkylation sites (N-methyl/N-ethyl adjacent to an activating group) is 1. The Morgan fingerprint density at radius 3 is 2.50 bits per heavy atom. The van der Waals surface area contributed by atoms with Gasteiger partial charge in [-0.05, 0) is 19.2 Å². The molecule has 0 unspecified atom stereocenters. The normalized spacial score (nSPS) is 18.6. The minimum atomic E-state index is -0.275. The second kappa shape index (κ2) is 3.92. The van der Waals surface area contributed by atoms with E-state index in [1.54, 1.807) is 6.07 Å². The fourth-order valence-electron chi connectivity index (χ4n) is 1.59. The van der Waals surface area contributed by atoms with E-state index in [1.165, 1.54) is 12.3 Å². The van der Waals surface area contributed by atoms with Crippen LogP contribution >= 0.6 is 0 Å². The third-order valence-electron chi connectivity index (χ3n) is 2.54. The Kier molecular flexibility index (Phi) is 2.63. The van der Waals surface area contributed by atoms with Crippen molar-refractivity contribution in [3.8, 4) is 0 Å². The SMILES string of the molecule is CN1CCN(c2ccc(F)cn2)CC1. The quantitative estimate of drug-likeness (QED) is 0.665. The molecule has 2 heterocycles. The summed E-state index contributed by atoms with van der Waals surface area (Å²) >= 11 is 0. The first-order valence-electron chi connectivity index (χ1n) is 4.81. The highest BCUT2D eigenvalue weighted by molar-refractivity contribution is 5.38.